The van der Waals surface area contributed by atoms with Gasteiger partial charge >= 0.3 is 0 Å². The lowest BCUT2D eigenvalue weighted by atomic mass is 10.1. The number of aromatic nitrogens is 2. The highest BCUT2D eigenvalue weighted by atomic mass is 32.2. The highest BCUT2D eigenvalue weighted by Crippen LogP contribution is 2.23. The summed E-state index contributed by atoms with van der Waals surface area (Å²) >= 11 is 1.47. The molecule has 0 aliphatic rings. The fourth-order valence-electron chi connectivity index (χ4n) is 2.32. The Morgan fingerprint density at radius 3 is 2.91 bits per heavy atom. The van der Waals surface area contributed by atoms with Crippen molar-refractivity contribution < 1.29 is 4.79 Å². The quantitative estimate of drug-likeness (QED) is 0.457. The Kier molecular flexibility index (Phi) is 6.65. The van der Waals surface area contributed by atoms with Crippen LogP contribution in [0.5, 0.6) is 0 Å². The third-order valence-corrected chi connectivity index (χ3v) is 4.50. The molecule has 4 nitrogen and oxygen atoms in total. The zero-order valence-electron chi connectivity index (χ0n) is 13.2. The van der Waals surface area contributed by atoms with Gasteiger partial charge in [0.15, 0.2) is 0 Å². The molecule has 0 fully saturated rings. The predicted molar refractivity (Wildman–Crippen MR) is 92.0 cm³/mol. The van der Waals surface area contributed by atoms with Crippen molar-refractivity contribution in [1.82, 2.24) is 15.3 Å². The molecule has 0 saturated carbocycles. The Hall–Kier alpha value is -1.62. The van der Waals surface area contributed by atoms with Crippen LogP contribution in [0.15, 0.2) is 35.6 Å². The van der Waals surface area contributed by atoms with E-state index in [0.29, 0.717) is 5.75 Å². The van der Waals surface area contributed by atoms with Crippen LogP contribution in [0.1, 0.15) is 39.5 Å². The average Bonchev–Trinajstić information content (AvgIpc) is 2.53. The lowest BCUT2D eigenvalue weighted by molar-refractivity contribution is -0.119. The summed E-state index contributed by atoms with van der Waals surface area (Å²) in [6, 6.07) is 8.10. The van der Waals surface area contributed by atoms with E-state index in [0.717, 1.165) is 22.3 Å². The third kappa shape index (κ3) is 4.98. The van der Waals surface area contributed by atoms with Crippen molar-refractivity contribution in [3.8, 4) is 0 Å². The predicted octanol–water partition coefficient (Wildman–Crippen LogP) is 3.81. The first kappa shape index (κ1) is 16.7. The Balaban J connectivity index is 1.85. The number of unbranched alkanes of at least 4 members (excludes halogenated alkanes) is 2. The molecule has 1 atom stereocenters. The molecule has 5 heteroatoms. The van der Waals surface area contributed by atoms with Gasteiger partial charge in [-0.2, -0.15) is 0 Å². The van der Waals surface area contributed by atoms with Crippen LogP contribution in [0, 0.1) is 0 Å². The van der Waals surface area contributed by atoms with Gasteiger partial charge in [-0.15, -0.1) is 0 Å². The van der Waals surface area contributed by atoms with Crippen LogP contribution in [-0.4, -0.2) is 27.7 Å². The first-order valence-electron chi connectivity index (χ1n) is 7.82. The van der Waals surface area contributed by atoms with E-state index in [1.807, 2.05) is 24.3 Å². The van der Waals surface area contributed by atoms with Gasteiger partial charge in [0.1, 0.15) is 11.4 Å². The minimum atomic E-state index is 0.0664. The van der Waals surface area contributed by atoms with Crippen molar-refractivity contribution in [2.75, 3.05) is 5.75 Å². The van der Waals surface area contributed by atoms with Crippen molar-refractivity contribution in [2.45, 2.75) is 50.6 Å². The topological polar surface area (TPSA) is 54.9 Å². The van der Waals surface area contributed by atoms with Gasteiger partial charge in [-0.25, -0.2) is 9.97 Å². The fraction of sp³-hybridized carbons (Fsp3) is 0.471. The van der Waals surface area contributed by atoms with E-state index in [2.05, 4.69) is 29.1 Å². The minimum absolute atomic E-state index is 0.0664. The zero-order valence-corrected chi connectivity index (χ0v) is 14.0. The second-order valence-electron chi connectivity index (χ2n) is 5.45. The second kappa shape index (κ2) is 8.73. The van der Waals surface area contributed by atoms with Crippen molar-refractivity contribution in [1.29, 1.82) is 0 Å². The van der Waals surface area contributed by atoms with Crippen LogP contribution in [-0.2, 0) is 4.79 Å². The zero-order chi connectivity index (χ0) is 15.8. The third-order valence-electron chi connectivity index (χ3n) is 3.49. The lowest BCUT2D eigenvalue weighted by Gasteiger charge is -2.13. The van der Waals surface area contributed by atoms with Crippen LogP contribution < -0.4 is 5.32 Å². The first-order valence-corrected chi connectivity index (χ1v) is 8.81. The van der Waals surface area contributed by atoms with E-state index in [-0.39, 0.29) is 11.9 Å². The Labute approximate surface area is 136 Å². The smallest absolute Gasteiger partial charge is 0.230 e. The number of hydrogen-bond acceptors (Lipinski definition) is 4. The normalized spacial score (nSPS) is 12.3. The molecule has 1 aromatic heterocycles. The Morgan fingerprint density at radius 1 is 1.27 bits per heavy atom. The number of nitrogens with zero attached hydrogens (tertiary/aromatic N) is 2. The van der Waals surface area contributed by atoms with Gasteiger partial charge in [0.05, 0.1) is 11.3 Å². The van der Waals surface area contributed by atoms with Gasteiger partial charge in [0, 0.05) is 11.4 Å². The maximum atomic E-state index is 12.0. The van der Waals surface area contributed by atoms with Gasteiger partial charge in [0.2, 0.25) is 5.91 Å². The summed E-state index contributed by atoms with van der Waals surface area (Å²) < 4.78 is 0. The number of para-hydroxylation sites is 1. The minimum Gasteiger partial charge on any atom is -0.353 e. The summed E-state index contributed by atoms with van der Waals surface area (Å²) in [5.74, 6) is 0.454. The van der Waals surface area contributed by atoms with Gasteiger partial charge < -0.3 is 5.32 Å². The maximum Gasteiger partial charge on any atom is 0.230 e. The van der Waals surface area contributed by atoms with E-state index < -0.39 is 0 Å². The number of thioether (sulfide) groups is 1. The number of amides is 1. The van der Waals surface area contributed by atoms with E-state index in [1.165, 1.54) is 31.0 Å². The number of benzene rings is 1. The lowest BCUT2D eigenvalue weighted by Crippen LogP contribution is -2.33. The molecule has 1 aromatic carbocycles. The first-order chi connectivity index (χ1) is 10.7. The van der Waals surface area contributed by atoms with Crippen LogP contribution in [0.3, 0.4) is 0 Å². The number of carbonyl (C=O) groups is 1. The Morgan fingerprint density at radius 2 is 2.09 bits per heavy atom. The molecule has 0 saturated heterocycles. The molecule has 0 aliphatic carbocycles. The number of carbonyl (C=O) groups excluding carboxylic acids is 1. The van der Waals surface area contributed by atoms with Crippen LogP contribution >= 0.6 is 11.8 Å². The number of nitrogens with one attached hydrogen (secondary N) is 1. The van der Waals surface area contributed by atoms with Gasteiger partial charge in [-0.1, -0.05) is 56.1 Å². The molecule has 0 aliphatic heterocycles. The molecule has 1 N–H and O–H groups in total. The molecule has 22 heavy (non-hydrogen) atoms. The van der Waals surface area contributed by atoms with Gasteiger partial charge in [-0.3, -0.25) is 4.79 Å². The van der Waals surface area contributed by atoms with Crippen LogP contribution in [0.25, 0.3) is 10.9 Å². The summed E-state index contributed by atoms with van der Waals surface area (Å²) in [5.41, 5.74) is 0.911. The summed E-state index contributed by atoms with van der Waals surface area (Å²) in [6.45, 7) is 4.25. The standard InChI is InChI=1S/C17H23N3OS/c1-3-4-5-8-13(2)20-16(21)11-22-17-14-9-6-7-10-15(14)18-12-19-17/h6-7,9-10,12-13H,3-5,8,11H2,1-2H3,(H,20,21)/t13-/m1/s1. The molecule has 0 radical (unpaired) electrons. The monoisotopic (exact) mass is 317 g/mol. The molecule has 0 bridgehead atoms. The maximum absolute atomic E-state index is 12.0. The summed E-state index contributed by atoms with van der Waals surface area (Å²) in [7, 11) is 0. The van der Waals surface area contributed by atoms with Crippen molar-refractivity contribution in [3.63, 3.8) is 0 Å². The van der Waals surface area contributed by atoms with Gasteiger partial charge in [0.25, 0.3) is 0 Å². The summed E-state index contributed by atoms with van der Waals surface area (Å²) in [6.07, 6.45) is 6.19. The average molecular weight is 317 g/mol. The van der Waals surface area contributed by atoms with Crippen LogP contribution in [0.4, 0.5) is 0 Å². The highest BCUT2D eigenvalue weighted by Gasteiger charge is 2.10. The van der Waals surface area contributed by atoms with Crippen LogP contribution in [0.2, 0.25) is 0 Å². The molecular formula is C17H23N3OS. The van der Waals surface area contributed by atoms with Crippen molar-refractivity contribution in [2.24, 2.45) is 0 Å². The largest absolute Gasteiger partial charge is 0.353 e. The molecule has 1 heterocycles. The molecule has 0 unspecified atom stereocenters. The summed E-state index contributed by atoms with van der Waals surface area (Å²) in [5, 5.41) is 4.91. The number of fused-ring (bicyclic) bond motifs is 1. The van der Waals surface area contributed by atoms with E-state index in [9.17, 15) is 4.79 Å². The fourth-order valence-corrected chi connectivity index (χ4v) is 3.12. The second-order valence-corrected chi connectivity index (χ2v) is 6.41. The molecule has 2 aromatic rings. The van der Waals surface area contributed by atoms with Crippen molar-refractivity contribution >= 4 is 28.6 Å². The highest BCUT2D eigenvalue weighted by molar-refractivity contribution is 8.00. The Bertz CT molecular complexity index is 612. The molecule has 1 amide bonds. The van der Waals surface area contributed by atoms with E-state index in [4.69, 9.17) is 0 Å². The molecule has 2 rings (SSSR count). The SMILES string of the molecule is CCCCC[C@@H](C)NC(=O)CSc1ncnc2ccccc12. The molecular weight excluding hydrogens is 294 g/mol. The molecule has 118 valence electrons. The summed E-state index contributed by atoms with van der Waals surface area (Å²) in [4.78, 5) is 20.5. The molecule has 0 spiro atoms. The van der Waals surface area contributed by atoms with E-state index >= 15 is 0 Å². The van der Waals surface area contributed by atoms with E-state index in [1.54, 1.807) is 6.33 Å². The number of rotatable bonds is 8. The van der Waals surface area contributed by atoms with Gasteiger partial charge in [-0.05, 0) is 19.4 Å². The van der Waals surface area contributed by atoms with Crippen molar-refractivity contribution in [3.05, 3.63) is 30.6 Å². The number of hydrogen-bond donors (Lipinski definition) is 1.